The molecule has 120 valence electrons. The van der Waals surface area contributed by atoms with Gasteiger partial charge < -0.3 is 9.64 Å². The van der Waals surface area contributed by atoms with Crippen molar-refractivity contribution < 1.29 is 9.53 Å². The maximum Gasteiger partial charge on any atom is 0.237 e. The van der Waals surface area contributed by atoms with E-state index in [0.29, 0.717) is 10.8 Å². The minimum absolute atomic E-state index is 0.106. The fraction of sp³-hybridized carbons (Fsp3) is 0.235. The molecule has 1 aliphatic heterocycles. The summed E-state index contributed by atoms with van der Waals surface area (Å²) < 4.78 is 5.14. The summed E-state index contributed by atoms with van der Waals surface area (Å²) in [6.07, 6.45) is 0. The first-order valence-corrected chi connectivity index (χ1v) is 9.52. The number of benzene rings is 2. The van der Waals surface area contributed by atoms with Crippen molar-refractivity contribution in [2.24, 2.45) is 0 Å². The van der Waals surface area contributed by atoms with Crippen LogP contribution < -0.4 is 9.64 Å². The monoisotopic (exact) mass is 365 g/mol. The number of ether oxygens (including phenoxy) is 1. The van der Waals surface area contributed by atoms with Gasteiger partial charge in [0.1, 0.15) is 5.75 Å². The largest absolute Gasteiger partial charge is 0.497 e. The molecule has 0 bridgehead atoms. The lowest BCUT2D eigenvalue weighted by Crippen LogP contribution is -2.36. The number of hydrogen-bond donors (Lipinski definition) is 0. The molecule has 3 nitrogen and oxygen atoms in total. The van der Waals surface area contributed by atoms with Crippen LogP contribution in [0, 0.1) is 0 Å². The van der Waals surface area contributed by atoms with Crippen molar-refractivity contribution in [3.8, 4) is 5.75 Å². The van der Waals surface area contributed by atoms with Crippen LogP contribution in [0.25, 0.3) is 0 Å². The van der Waals surface area contributed by atoms with Gasteiger partial charge in [0.05, 0.1) is 18.6 Å². The van der Waals surface area contributed by atoms with E-state index in [1.807, 2.05) is 47.4 Å². The predicted octanol–water partition coefficient (Wildman–Crippen LogP) is 4.58. The molecule has 0 unspecified atom stereocenters. The normalized spacial score (nSPS) is 13.6. The quantitative estimate of drug-likeness (QED) is 0.742. The molecule has 3 rings (SSSR count). The van der Waals surface area contributed by atoms with Crippen LogP contribution in [-0.2, 0) is 4.79 Å². The Morgan fingerprint density at radius 2 is 2.09 bits per heavy atom. The molecule has 0 radical (unpaired) electrons. The molecule has 23 heavy (non-hydrogen) atoms. The zero-order valence-corrected chi connectivity index (χ0v) is 15.0. The molecular weight excluding hydrogens is 350 g/mol. The van der Waals surface area contributed by atoms with Crippen molar-refractivity contribution in [3.05, 3.63) is 47.5 Å². The van der Waals surface area contributed by atoms with Gasteiger partial charge in [-0.3, -0.25) is 4.79 Å². The van der Waals surface area contributed by atoms with Crippen LogP contribution in [0.2, 0.25) is 5.02 Å². The number of halogens is 1. The highest BCUT2D eigenvalue weighted by molar-refractivity contribution is 8.00. The van der Waals surface area contributed by atoms with Crippen molar-refractivity contribution >= 4 is 46.7 Å². The Hall–Kier alpha value is -1.30. The molecule has 0 saturated carbocycles. The number of fused-ring (bicyclic) bond motifs is 1. The maximum absolute atomic E-state index is 12.6. The number of carbonyl (C=O) groups is 1. The van der Waals surface area contributed by atoms with Crippen molar-refractivity contribution in [3.63, 3.8) is 0 Å². The fourth-order valence-electron chi connectivity index (χ4n) is 2.34. The summed E-state index contributed by atoms with van der Waals surface area (Å²) in [4.78, 5) is 16.6. The van der Waals surface area contributed by atoms with Gasteiger partial charge in [0.2, 0.25) is 5.91 Å². The predicted molar refractivity (Wildman–Crippen MR) is 98.2 cm³/mol. The van der Waals surface area contributed by atoms with Crippen molar-refractivity contribution in [2.75, 3.05) is 30.1 Å². The molecular formula is C17H16ClNO2S2. The Labute approximate surface area is 149 Å². The summed E-state index contributed by atoms with van der Waals surface area (Å²) in [6.45, 7) is 0.722. The molecule has 2 aromatic carbocycles. The first kappa shape index (κ1) is 16.6. The standard InChI is InChI=1S/C17H16ClNO2S2/c1-21-13-3-5-14(6-4-13)23-11-17(20)19-8-9-22-16-7-2-12(18)10-15(16)19/h2-7,10H,8-9,11H2,1H3. The smallest absolute Gasteiger partial charge is 0.237 e. The van der Waals surface area contributed by atoms with Gasteiger partial charge in [-0.15, -0.1) is 23.5 Å². The topological polar surface area (TPSA) is 29.5 Å². The molecule has 0 atom stereocenters. The van der Waals surface area contributed by atoms with Crippen LogP contribution in [0.5, 0.6) is 5.75 Å². The van der Waals surface area contributed by atoms with Gasteiger partial charge >= 0.3 is 0 Å². The summed E-state index contributed by atoms with van der Waals surface area (Å²) in [5, 5.41) is 0.659. The number of rotatable bonds is 4. The molecule has 0 N–H and O–H groups in total. The molecule has 0 spiro atoms. The highest BCUT2D eigenvalue weighted by Crippen LogP contribution is 2.37. The summed E-state index contributed by atoms with van der Waals surface area (Å²) in [7, 11) is 1.64. The van der Waals surface area contributed by atoms with Gasteiger partial charge in [-0.05, 0) is 42.5 Å². The van der Waals surface area contributed by atoms with E-state index in [-0.39, 0.29) is 5.91 Å². The van der Waals surface area contributed by atoms with Crippen LogP contribution in [0.4, 0.5) is 5.69 Å². The van der Waals surface area contributed by atoms with Crippen LogP contribution in [0.1, 0.15) is 0 Å². The fourth-order valence-corrected chi connectivity index (χ4v) is 4.26. The number of methoxy groups -OCH3 is 1. The van der Waals surface area contributed by atoms with E-state index in [1.165, 1.54) is 11.8 Å². The highest BCUT2D eigenvalue weighted by atomic mass is 35.5. The Kier molecular flexibility index (Phi) is 5.41. The van der Waals surface area contributed by atoms with E-state index in [0.717, 1.165) is 33.5 Å². The summed E-state index contributed by atoms with van der Waals surface area (Å²) >= 11 is 9.38. The third kappa shape index (κ3) is 3.97. The highest BCUT2D eigenvalue weighted by Gasteiger charge is 2.23. The lowest BCUT2D eigenvalue weighted by Gasteiger charge is -2.29. The molecule has 6 heteroatoms. The Bertz CT molecular complexity index is 706. The summed E-state index contributed by atoms with van der Waals surface area (Å²) in [5.41, 5.74) is 0.925. The first-order valence-electron chi connectivity index (χ1n) is 7.17. The Morgan fingerprint density at radius 3 is 2.83 bits per heavy atom. The van der Waals surface area contributed by atoms with Gasteiger partial charge in [0, 0.05) is 27.1 Å². The van der Waals surface area contributed by atoms with Crippen LogP contribution in [-0.4, -0.2) is 31.1 Å². The van der Waals surface area contributed by atoms with Gasteiger partial charge in [0.25, 0.3) is 0 Å². The summed E-state index contributed by atoms with van der Waals surface area (Å²) in [5.74, 6) is 2.24. The second kappa shape index (κ2) is 7.51. The summed E-state index contributed by atoms with van der Waals surface area (Å²) in [6, 6.07) is 13.5. The number of amides is 1. The Balaban J connectivity index is 1.68. The van der Waals surface area contributed by atoms with E-state index < -0.39 is 0 Å². The SMILES string of the molecule is COc1ccc(SCC(=O)N2CCSc3ccc(Cl)cc32)cc1. The molecule has 0 saturated heterocycles. The minimum Gasteiger partial charge on any atom is -0.497 e. The van der Waals surface area contributed by atoms with Gasteiger partial charge in [-0.1, -0.05) is 11.6 Å². The van der Waals surface area contributed by atoms with Gasteiger partial charge in [-0.2, -0.15) is 0 Å². The van der Waals surface area contributed by atoms with E-state index in [9.17, 15) is 4.79 Å². The molecule has 0 fully saturated rings. The third-order valence-electron chi connectivity index (χ3n) is 3.51. The molecule has 1 aliphatic rings. The molecule has 2 aromatic rings. The number of anilines is 1. The number of hydrogen-bond acceptors (Lipinski definition) is 4. The van der Waals surface area contributed by atoms with E-state index in [2.05, 4.69) is 0 Å². The van der Waals surface area contributed by atoms with Gasteiger partial charge in [-0.25, -0.2) is 0 Å². The van der Waals surface area contributed by atoms with E-state index in [4.69, 9.17) is 16.3 Å². The number of carbonyl (C=O) groups excluding carboxylic acids is 1. The zero-order valence-electron chi connectivity index (χ0n) is 12.6. The molecule has 0 aromatic heterocycles. The molecule has 1 amide bonds. The van der Waals surface area contributed by atoms with Crippen LogP contribution in [0.15, 0.2) is 52.3 Å². The van der Waals surface area contributed by atoms with Crippen LogP contribution in [0.3, 0.4) is 0 Å². The Morgan fingerprint density at radius 1 is 1.30 bits per heavy atom. The minimum atomic E-state index is 0.106. The van der Waals surface area contributed by atoms with Crippen molar-refractivity contribution in [2.45, 2.75) is 9.79 Å². The average Bonchev–Trinajstić information content (AvgIpc) is 2.59. The first-order chi connectivity index (χ1) is 11.2. The second-order valence-electron chi connectivity index (χ2n) is 4.97. The van der Waals surface area contributed by atoms with Crippen LogP contribution >= 0.6 is 35.1 Å². The van der Waals surface area contributed by atoms with Gasteiger partial charge in [0.15, 0.2) is 0 Å². The maximum atomic E-state index is 12.6. The van der Waals surface area contributed by atoms with Crippen molar-refractivity contribution in [1.82, 2.24) is 0 Å². The molecule has 0 aliphatic carbocycles. The van der Waals surface area contributed by atoms with Crippen molar-refractivity contribution in [1.29, 1.82) is 0 Å². The average molecular weight is 366 g/mol. The lowest BCUT2D eigenvalue weighted by atomic mass is 10.2. The number of thioether (sulfide) groups is 2. The third-order valence-corrected chi connectivity index (χ3v) is 5.78. The lowest BCUT2D eigenvalue weighted by molar-refractivity contribution is -0.116. The zero-order chi connectivity index (χ0) is 16.2. The number of nitrogens with zero attached hydrogens (tertiary/aromatic N) is 1. The molecule has 1 heterocycles. The van der Waals surface area contributed by atoms with E-state index >= 15 is 0 Å². The van der Waals surface area contributed by atoms with E-state index in [1.54, 1.807) is 18.9 Å². The second-order valence-corrected chi connectivity index (χ2v) is 7.59.